The van der Waals surface area contributed by atoms with Crippen LogP contribution in [0.5, 0.6) is 0 Å². The molecule has 0 bridgehead atoms. The van der Waals surface area contributed by atoms with E-state index in [0.717, 1.165) is 46.8 Å². The van der Waals surface area contributed by atoms with Crippen LogP contribution in [0.4, 0.5) is 0 Å². The standard InChI is InChI=1S/C29H26N2O4/c1-3-31-26-13-11-21(28(33)20-9-10-20)16-23(26)24-17-22(12-14-27(24)31)29(34)25(30-35-18(2)32)15-19-7-5-4-6-8-19/h4-8,11-14,16-17,20H,3,9-10,15H2,1-2H3/b30-25+. The predicted octanol–water partition coefficient (Wildman–Crippen LogP) is 5.75. The number of carbonyl (C=O) groups is 3. The first-order valence-corrected chi connectivity index (χ1v) is 11.9. The summed E-state index contributed by atoms with van der Waals surface area (Å²) in [6, 6.07) is 20.9. The first-order chi connectivity index (χ1) is 17.0. The van der Waals surface area contributed by atoms with E-state index in [1.165, 1.54) is 6.92 Å². The van der Waals surface area contributed by atoms with Gasteiger partial charge in [0.05, 0.1) is 0 Å². The highest BCUT2D eigenvalue weighted by Crippen LogP contribution is 2.35. The molecule has 0 radical (unpaired) electrons. The average Bonchev–Trinajstić information content (AvgIpc) is 3.68. The van der Waals surface area contributed by atoms with Gasteiger partial charge in [0.15, 0.2) is 5.78 Å². The number of fused-ring (bicyclic) bond motifs is 3. The molecule has 176 valence electrons. The second-order valence-corrected chi connectivity index (χ2v) is 8.96. The summed E-state index contributed by atoms with van der Waals surface area (Å²) < 4.78 is 2.18. The highest BCUT2D eigenvalue weighted by molar-refractivity contribution is 6.46. The molecule has 0 amide bonds. The van der Waals surface area contributed by atoms with Crippen molar-refractivity contribution in [2.75, 3.05) is 0 Å². The third-order valence-corrected chi connectivity index (χ3v) is 6.44. The molecule has 0 spiro atoms. The Bertz CT molecular complexity index is 1490. The Morgan fingerprint density at radius 2 is 1.54 bits per heavy atom. The third-order valence-electron chi connectivity index (χ3n) is 6.44. The van der Waals surface area contributed by atoms with Crippen molar-refractivity contribution in [3.05, 3.63) is 83.4 Å². The van der Waals surface area contributed by atoms with Crippen molar-refractivity contribution in [1.82, 2.24) is 4.57 Å². The Morgan fingerprint density at radius 1 is 0.914 bits per heavy atom. The van der Waals surface area contributed by atoms with Gasteiger partial charge < -0.3 is 9.40 Å². The van der Waals surface area contributed by atoms with Crippen LogP contribution in [0.2, 0.25) is 0 Å². The summed E-state index contributed by atoms with van der Waals surface area (Å²) in [6.45, 7) is 4.08. The third kappa shape index (κ3) is 4.52. The summed E-state index contributed by atoms with van der Waals surface area (Å²) >= 11 is 0. The van der Waals surface area contributed by atoms with E-state index in [1.54, 1.807) is 6.07 Å². The van der Waals surface area contributed by atoms with E-state index < -0.39 is 5.97 Å². The molecule has 0 N–H and O–H groups in total. The topological polar surface area (TPSA) is 77.7 Å². The SMILES string of the molecule is CCn1c2ccc(C(=O)/C(Cc3ccccc3)=N/OC(C)=O)cc2c2cc(C(=O)C3CC3)ccc21. The predicted molar refractivity (Wildman–Crippen MR) is 136 cm³/mol. The fraction of sp³-hybridized carbons (Fsp3) is 0.241. The molecule has 1 fully saturated rings. The molecule has 1 aromatic heterocycles. The van der Waals surface area contributed by atoms with Crippen molar-refractivity contribution in [3.8, 4) is 0 Å². The fourth-order valence-electron chi connectivity index (χ4n) is 4.55. The van der Waals surface area contributed by atoms with Crippen LogP contribution >= 0.6 is 0 Å². The van der Waals surface area contributed by atoms with Gasteiger partial charge in [-0.05, 0) is 61.7 Å². The number of oxime groups is 1. The molecule has 6 nitrogen and oxygen atoms in total. The number of hydrogen-bond donors (Lipinski definition) is 0. The molecule has 35 heavy (non-hydrogen) atoms. The van der Waals surface area contributed by atoms with Crippen LogP contribution in [-0.2, 0) is 22.6 Å². The molecule has 1 saturated carbocycles. The van der Waals surface area contributed by atoms with Crippen LogP contribution in [0, 0.1) is 5.92 Å². The smallest absolute Gasteiger partial charge is 0.331 e. The van der Waals surface area contributed by atoms with Crippen LogP contribution in [0.15, 0.2) is 71.9 Å². The van der Waals surface area contributed by atoms with Crippen molar-refractivity contribution in [2.45, 2.75) is 39.7 Å². The number of carbonyl (C=O) groups excluding carboxylic acids is 3. The largest absolute Gasteiger partial charge is 0.341 e. The van der Waals surface area contributed by atoms with Gasteiger partial charge in [-0.2, -0.15) is 0 Å². The van der Waals surface area contributed by atoms with Crippen molar-refractivity contribution in [2.24, 2.45) is 11.1 Å². The van der Waals surface area contributed by atoms with E-state index in [0.29, 0.717) is 11.1 Å². The molecule has 0 atom stereocenters. The molecule has 0 unspecified atom stereocenters. The number of benzene rings is 3. The monoisotopic (exact) mass is 466 g/mol. The molecule has 0 saturated heterocycles. The molecule has 1 heterocycles. The number of ketones is 2. The van der Waals surface area contributed by atoms with Gasteiger partial charge in [0.25, 0.3) is 0 Å². The highest BCUT2D eigenvalue weighted by Gasteiger charge is 2.30. The lowest BCUT2D eigenvalue weighted by Gasteiger charge is -2.07. The van der Waals surface area contributed by atoms with E-state index in [4.69, 9.17) is 4.84 Å². The zero-order valence-electron chi connectivity index (χ0n) is 19.8. The molecule has 3 aromatic carbocycles. The van der Waals surface area contributed by atoms with Crippen molar-refractivity contribution < 1.29 is 19.2 Å². The van der Waals surface area contributed by atoms with E-state index in [2.05, 4.69) is 16.6 Å². The minimum Gasteiger partial charge on any atom is -0.341 e. The molecule has 5 rings (SSSR count). The van der Waals surface area contributed by atoms with Crippen LogP contribution in [0.3, 0.4) is 0 Å². The summed E-state index contributed by atoms with van der Waals surface area (Å²) in [5.74, 6) is -0.561. The summed E-state index contributed by atoms with van der Waals surface area (Å²) in [5, 5.41) is 5.75. The quantitative estimate of drug-likeness (QED) is 0.143. The van der Waals surface area contributed by atoms with E-state index in [-0.39, 0.29) is 29.6 Å². The Kier molecular flexibility index (Phi) is 6.03. The molecule has 1 aliphatic carbocycles. The highest BCUT2D eigenvalue weighted by atomic mass is 16.7. The summed E-state index contributed by atoms with van der Waals surface area (Å²) in [4.78, 5) is 42.5. The summed E-state index contributed by atoms with van der Waals surface area (Å²) in [7, 11) is 0. The number of aryl methyl sites for hydroxylation is 1. The maximum absolute atomic E-state index is 13.5. The Balaban J connectivity index is 1.59. The summed E-state index contributed by atoms with van der Waals surface area (Å²) in [5.41, 5.74) is 4.23. The van der Waals surface area contributed by atoms with Crippen molar-refractivity contribution in [3.63, 3.8) is 0 Å². The van der Waals surface area contributed by atoms with Crippen molar-refractivity contribution in [1.29, 1.82) is 0 Å². The van der Waals surface area contributed by atoms with Crippen LogP contribution < -0.4 is 0 Å². The maximum atomic E-state index is 13.5. The average molecular weight is 467 g/mol. The fourth-order valence-corrected chi connectivity index (χ4v) is 4.55. The van der Waals surface area contributed by atoms with Gasteiger partial charge in [0, 0.05) is 58.7 Å². The van der Waals surface area contributed by atoms with Gasteiger partial charge in [0.2, 0.25) is 5.78 Å². The van der Waals surface area contributed by atoms with Gasteiger partial charge in [-0.3, -0.25) is 9.59 Å². The van der Waals surface area contributed by atoms with Crippen LogP contribution in [0.1, 0.15) is 53.0 Å². The lowest BCUT2D eigenvalue weighted by molar-refractivity contribution is -0.140. The first-order valence-electron chi connectivity index (χ1n) is 11.9. The van der Waals surface area contributed by atoms with Gasteiger partial charge >= 0.3 is 5.97 Å². The number of nitrogens with zero attached hydrogens (tertiary/aromatic N) is 2. The first kappa shape index (κ1) is 22.7. The number of Topliss-reactive ketones (excluding diaryl/α,β-unsaturated/α-hetero) is 2. The minimum atomic E-state index is -0.585. The van der Waals surface area contributed by atoms with Gasteiger partial charge in [-0.1, -0.05) is 35.5 Å². The molecule has 4 aromatic rings. The van der Waals surface area contributed by atoms with E-state index in [1.807, 2.05) is 60.7 Å². The van der Waals surface area contributed by atoms with Crippen LogP contribution in [0.25, 0.3) is 21.8 Å². The maximum Gasteiger partial charge on any atom is 0.331 e. The van der Waals surface area contributed by atoms with Crippen LogP contribution in [-0.4, -0.2) is 27.8 Å². The zero-order valence-corrected chi connectivity index (χ0v) is 19.8. The Hall–Kier alpha value is -4.06. The van der Waals surface area contributed by atoms with E-state index in [9.17, 15) is 14.4 Å². The van der Waals surface area contributed by atoms with Gasteiger partial charge in [-0.25, -0.2) is 4.79 Å². The molecular weight excluding hydrogens is 440 g/mol. The van der Waals surface area contributed by atoms with Gasteiger partial charge in [0.1, 0.15) is 5.71 Å². The molecule has 0 aliphatic heterocycles. The van der Waals surface area contributed by atoms with E-state index >= 15 is 0 Å². The summed E-state index contributed by atoms with van der Waals surface area (Å²) in [6.07, 6.45) is 2.15. The lowest BCUT2D eigenvalue weighted by atomic mass is 9.98. The van der Waals surface area contributed by atoms with Crippen molar-refractivity contribution >= 4 is 45.1 Å². The zero-order chi connectivity index (χ0) is 24.5. The second-order valence-electron chi connectivity index (χ2n) is 8.96. The normalized spacial score (nSPS) is 13.8. The second kappa shape index (κ2) is 9.29. The Labute approximate surface area is 203 Å². The molecule has 6 heteroatoms. The number of aromatic nitrogens is 1. The molecule has 1 aliphatic rings. The van der Waals surface area contributed by atoms with Gasteiger partial charge in [-0.15, -0.1) is 0 Å². The molecular formula is C29H26N2O4. The number of hydrogen-bond acceptors (Lipinski definition) is 5. The lowest BCUT2D eigenvalue weighted by Crippen LogP contribution is -2.18. The Morgan fingerprint density at radius 3 is 2.14 bits per heavy atom. The minimum absolute atomic E-state index is 0.141. The number of rotatable bonds is 8.